The summed E-state index contributed by atoms with van der Waals surface area (Å²) in [4.78, 5) is 26.9. The minimum Gasteiger partial charge on any atom is -0.355 e. The SMILES string of the molecule is CCCCCCCCCCCCCCNC(=O)C1CN(C=O)CCN1C. The molecule has 0 spiro atoms. The van der Waals surface area contributed by atoms with Gasteiger partial charge in [0.15, 0.2) is 0 Å². The Morgan fingerprint density at radius 3 is 2.00 bits per heavy atom. The summed E-state index contributed by atoms with van der Waals surface area (Å²) in [5.41, 5.74) is 0. The predicted molar refractivity (Wildman–Crippen MR) is 108 cm³/mol. The maximum Gasteiger partial charge on any atom is 0.239 e. The molecule has 1 rings (SSSR count). The third-order valence-corrected chi connectivity index (χ3v) is 5.46. The molecule has 1 aliphatic heterocycles. The summed E-state index contributed by atoms with van der Waals surface area (Å²) in [6.07, 6.45) is 16.8. The minimum atomic E-state index is -0.203. The van der Waals surface area contributed by atoms with Crippen LogP contribution in [0.4, 0.5) is 0 Å². The number of hydrogen-bond acceptors (Lipinski definition) is 3. The van der Waals surface area contributed by atoms with Crippen molar-refractivity contribution in [1.82, 2.24) is 15.1 Å². The van der Waals surface area contributed by atoms with Crippen molar-refractivity contribution in [2.45, 2.75) is 90.0 Å². The normalized spacial score (nSPS) is 18.1. The topological polar surface area (TPSA) is 52.7 Å². The summed E-state index contributed by atoms with van der Waals surface area (Å²) in [6, 6.07) is -0.203. The van der Waals surface area contributed by atoms with Crippen LogP contribution in [0.3, 0.4) is 0 Å². The van der Waals surface area contributed by atoms with E-state index in [0.29, 0.717) is 13.1 Å². The highest BCUT2D eigenvalue weighted by Crippen LogP contribution is 2.12. The number of nitrogens with one attached hydrogen (secondary N) is 1. The van der Waals surface area contributed by atoms with E-state index in [9.17, 15) is 9.59 Å². The van der Waals surface area contributed by atoms with E-state index in [1.165, 1.54) is 70.6 Å². The molecule has 1 N–H and O–H groups in total. The van der Waals surface area contributed by atoms with Gasteiger partial charge in [0.1, 0.15) is 6.04 Å². The number of rotatable bonds is 15. The Balaban J connectivity index is 1.92. The highest BCUT2D eigenvalue weighted by molar-refractivity contribution is 5.82. The van der Waals surface area contributed by atoms with Gasteiger partial charge in [-0.2, -0.15) is 0 Å². The quantitative estimate of drug-likeness (QED) is 0.355. The van der Waals surface area contributed by atoms with E-state index in [1.807, 2.05) is 11.9 Å². The van der Waals surface area contributed by atoms with E-state index in [1.54, 1.807) is 4.90 Å². The number of nitrogens with zero attached hydrogens (tertiary/aromatic N) is 2. The van der Waals surface area contributed by atoms with E-state index in [0.717, 1.165) is 25.9 Å². The van der Waals surface area contributed by atoms with Crippen LogP contribution in [-0.4, -0.2) is 61.4 Å². The van der Waals surface area contributed by atoms with Crippen LogP contribution in [0.5, 0.6) is 0 Å². The Labute approximate surface area is 160 Å². The number of unbranched alkanes of at least 4 members (excludes halogenated alkanes) is 11. The van der Waals surface area contributed by atoms with Crippen molar-refractivity contribution in [2.75, 3.05) is 33.2 Å². The Hall–Kier alpha value is -1.10. The molecule has 5 heteroatoms. The molecule has 0 aromatic heterocycles. The minimum absolute atomic E-state index is 0.0575. The lowest BCUT2D eigenvalue weighted by Gasteiger charge is -2.36. The summed E-state index contributed by atoms with van der Waals surface area (Å²) in [7, 11) is 1.95. The van der Waals surface area contributed by atoms with Crippen molar-refractivity contribution < 1.29 is 9.59 Å². The van der Waals surface area contributed by atoms with Gasteiger partial charge in [0.25, 0.3) is 0 Å². The van der Waals surface area contributed by atoms with Gasteiger partial charge in [-0.25, -0.2) is 0 Å². The largest absolute Gasteiger partial charge is 0.355 e. The van der Waals surface area contributed by atoms with Gasteiger partial charge in [-0.15, -0.1) is 0 Å². The van der Waals surface area contributed by atoms with E-state index in [-0.39, 0.29) is 11.9 Å². The molecule has 1 unspecified atom stereocenters. The number of hydrogen-bond donors (Lipinski definition) is 1. The maximum atomic E-state index is 12.3. The van der Waals surface area contributed by atoms with Crippen LogP contribution in [0.15, 0.2) is 0 Å². The van der Waals surface area contributed by atoms with Crippen molar-refractivity contribution in [3.63, 3.8) is 0 Å². The second-order valence-electron chi connectivity index (χ2n) is 7.78. The predicted octanol–water partition coefficient (Wildman–Crippen LogP) is 3.58. The zero-order chi connectivity index (χ0) is 19.0. The standard InChI is InChI=1S/C21H41N3O2/c1-3-4-5-6-7-8-9-10-11-12-13-14-15-22-21(26)20-18-24(19-25)17-16-23(20)2/h19-20H,3-18H2,1-2H3,(H,22,26). The molecule has 1 fully saturated rings. The fourth-order valence-electron chi connectivity index (χ4n) is 3.57. The molecular weight excluding hydrogens is 326 g/mol. The molecule has 26 heavy (non-hydrogen) atoms. The molecule has 0 bridgehead atoms. The van der Waals surface area contributed by atoms with E-state index in [4.69, 9.17) is 0 Å². The summed E-state index contributed by atoms with van der Waals surface area (Å²) in [5, 5.41) is 3.04. The van der Waals surface area contributed by atoms with E-state index >= 15 is 0 Å². The molecule has 2 amide bonds. The third kappa shape index (κ3) is 10.1. The first-order chi connectivity index (χ1) is 12.7. The molecule has 1 heterocycles. The van der Waals surface area contributed by atoms with Gasteiger partial charge in [-0.1, -0.05) is 77.6 Å². The van der Waals surface area contributed by atoms with Crippen LogP contribution < -0.4 is 5.32 Å². The molecule has 0 aliphatic carbocycles. The number of amides is 2. The summed E-state index contributed by atoms with van der Waals surface area (Å²) in [5.74, 6) is 0.0575. The first-order valence-corrected chi connectivity index (χ1v) is 10.9. The second kappa shape index (κ2) is 15.0. The monoisotopic (exact) mass is 367 g/mol. The average Bonchev–Trinajstić information content (AvgIpc) is 2.65. The van der Waals surface area contributed by atoms with Crippen LogP contribution in [0.2, 0.25) is 0 Å². The second-order valence-corrected chi connectivity index (χ2v) is 7.78. The molecule has 1 saturated heterocycles. The van der Waals surface area contributed by atoms with Crippen LogP contribution in [0.25, 0.3) is 0 Å². The molecular formula is C21H41N3O2. The Morgan fingerprint density at radius 2 is 1.46 bits per heavy atom. The third-order valence-electron chi connectivity index (χ3n) is 5.46. The Kier molecular flexibility index (Phi) is 13.2. The summed E-state index contributed by atoms with van der Waals surface area (Å²) < 4.78 is 0. The van der Waals surface area contributed by atoms with Crippen molar-refractivity contribution in [1.29, 1.82) is 0 Å². The maximum absolute atomic E-state index is 12.3. The molecule has 1 atom stereocenters. The molecule has 0 radical (unpaired) electrons. The molecule has 0 aromatic rings. The number of piperazine rings is 1. The van der Waals surface area contributed by atoms with Gasteiger partial charge in [-0.3, -0.25) is 14.5 Å². The number of carbonyl (C=O) groups excluding carboxylic acids is 2. The zero-order valence-corrected chi connectivity index (χ0v) is 17.2. The van der Waals surface area contributed by atoms with Crippen LogP contribution in [-0.2, 0) is 9.59 Å². The Bertz CT molecular complexity index is 376. The highest BCUT2D eigenvalue weighted by atomic mass is 16.2. The lowest BCUT2D eigenvalue weighted by atomic mass is 10.1. The van der Waals surface area contributed by atoms with Crippen molar-refractivity contribution in [3.8, 4) is 0 Å². The molecule has 5 nitrogen and oxygen atoms in total. The number of carbonyl (C=O) groups is 2. The van der Waals surface area contributed by atoms with Gasteiger partial charge < -0.3 is 10.2 Å². The van der Waals surface area contributed by atoms with Gasteiger partial charge in [0.2, 0.25) is 12.3 Å². The van der Waals surface area contributed by atoms with Crippen LogP contribution in [0.1, 0.15) is 84.0 Å². The molecule has 1 aliphatic rings. The smallest absolute Gasteiger partial charge is 0.239 e. The fraction of sp³-hybridized carbons (Fsp3) is 0.905. The van der Waals surface area contributed by atoms with E-state index in [2.05, 4.69) is 12.2 Å². The Morgan fingerprint density at radius 1 is 0.923 bits per heavy atom. The lowest BCUT2D eigenvalue weighted by molar-refractivity contribution is -0.130. The van der Waals surface area contributed by atoms with Crippen LogP contribution in [0, 0.1) is 0 Å². The van der Waals surface area contributed by atoms with Gasteiger partial charge in [-0.05, 0) is 13.5 Å². The molecule has 0 aromatic carbocycles. The van der Waals surface area contributed by atoms with Crippen molar-refractivity contribution in [3.05, 3.63) is 0 Å². The number of likely N-dealkylation sites (N-methyl/N-ethyl adjacent to an activating group) is 1. The van der Waals surface area contributed by atoms with Crippen molar-refractivity contribution >= 4 is 12.3 Å². The summed E-state index contributed by atoms with van der Waals surface area (Å²) in [6.45, 7) is 4.99. The van der Waals surface area contributed by atoms with Crippen molar-refractivity contribution in [2.24, 2.45) is 0 Å². The zero-order valence-electron chi connectivity index (χ0n) is 17.2. The van der Waals surface area contributed by atoms with Gasteiger partial charge in [0, 0.05) is 26.2 Å². The first kappa shape index (κ1) is 22.9. The highest BCUT2D eigenvalue weighted by Gasteiger charge is 2.28. The molecule has 0 saturated carbocycles. The summed E-state index contributed by atoms with van der Waals surface area (Å²) >= 11 is 0. The van der Waals surface area contributed by atoms with Crippen LogP contribution >= 0.6 is 0 Å². The van der Waals surface area contributed by atoms with Gasteiger partial charge in [0.05, 0.1) is 0 Å². The van der Waals surface area contributed by atoms with Gasteiger partial charge >= 0.3 is 0 Å². The molecule has 152 valence electrons. The van der Waals surface area contributed by atoms with E-state index < -0.39 is 0 Å². The fourth-order valence-corrected chi connectivity index (χ4v) is 3.57. The average molecular weight is 368 g/mol. The lowest BCUT2D eigenvalue weighted by Crippen LogP contribution is -2.57. The first-order valence-electron chi connectivity index (χ1n) is 10.9.